The van der Waals surface area contributed by atoms with E-state index >= 15 is 0 Å². The highest BCUT2D eigenvalue weighted by Gasteiger charge is 1.94. The van der Waals surface area contributed by atoms with E-state index in [-0.39, 0.29) is 0 Å². The summed E-state index contributed by atoms with van der Waals surface area (Å²) in [5.41, 5.74) is 8.27. The van der Waals surface area contributed by atoms with Gasteiger partial charge in [-0.3, -0.25) is 0 Å². The van der Waals surface area contributed by atoms with E-state index in [1.807, 2.05) is 6.07 Å². The molecule has 0 amide bonds. The van der Waals surface area contributed by atoms with Crippen LogP contribution in [0.1, 0.15) is 70.3 Å². The molecular weight excluding hydrogens is 230 g/mol. The summed E-state index contributed by atoms with van der Waals surface area (Å²) in [5, 5.41) is 0. The van der Waals surface area contributed by atoms with Crippen molar-refractivity contribution in [2.75, 3.05) is 0 Å². The third kappa shape index (κ3) is 8.47. The predicted octanol–water partition coefficient (Wildman–Crippen LogP) is 5.52. The Bertz CT molecular complexity index is 340. The van der Waals surface area contributed by atoms with Crippen molar-refractivity contribution in [1.82, 2.24) is 0 Å². The average molecular weight is 259 g/mol. The van der Waals surface area contributed by atoms with Gasteiger partial charge in [-0.05, 0) is 24.5 Å². The summed E-state index contributed by atoms with van der Waals surface area (Å²) >= 11 is 0. The largest absolute Gasteiger partial charge is 0.402 e. The topological polar surface area (TPSA) is 26.0 Å². The Kier molecular flexibility index (Phi) is 8.87. The van der Waals surface area contributed by atoms with E-state index < -0.39 is 0 Å². The molecule has 0 spiro atoms. The highest BCUT2D eigenvalue weighted by molar-refractivity contribution is 5.51. The van der Waals surface area contributed by atoms with Crippen LogP contribution in [-0.2, 0) is 0 Å². The molecule has 1 heteroatoms. The lowest BCUT2D eigenvalue weighted by Crippen LogP contribution is -1.96. The standard InChI is InChI=1S/C18H29N/c1-2-3-4-5-6-7-8-12-15-18(19)16-17-13-10-9-11-14-17/h9-11,13-14,16H,2-8,12,15,19H2,1H3. The van der Waals surface area contributed by atoms with Crippen molar-refractivity contribution < 1.29 is 0 Å². The lowest BCUT2D eigenvalue weighted by Gasteiger charge is -2.03. The number of nitrogens with two attached hydrogens (primary N) is 1. The Hall–Kier alpha value is -1.24. The fourth-order valence-corrected chi connectivity index (χ4v) is 2.30. The maximum Gasteiger partial charge on any atom is 0.00864 e. The van der Waals surface area contributed by atoms with Gasteiger partial charge in [0, 0.05) is 5.70 Å². The Morgan fingerprint density at radius 3 is 2.11 bits per heavy atom. The smallest absolute Gasteiger partial charge is 0.00864 e. The minimum Gasteiger partial charge on any atom is -0.402 e. The van der Waals surface area contributed by atoms with Crippen molar-refractivity contribution >= 4 is 6.08 Å². The summed E-state index contributed by atoms with van der Waals surface area (Å²) < 4.78 is 0. The molecule has 0 atom stereocenters. The van der Waals surface area contributed by atoms with Gasteiger partial charge < -0.3 is 5.73 Å². The normalized spacial score (nSPS) is 11.7. The summed E-state index contributed by atoms with van der Waals surface area (Å²) in [7, 11) is 0. The Morgan fingerprint density at radius 1 is 0.895 bits per heavy atom. The number of benzene rings is 1. The van der Waals surface area contributed by atoms with Crippen LogP contribution in [0, 0.1) is 0 Å². The van der Waals surface area contributed by atoms with E-state index in [9.17, 15) is 0 Å². The van der Waals surface area contributed by atoms with Crippen LogP contribution in [0.15, 0.2) is 36.0 Å². The quantitative estimate of drug-likeness (QED) is 0.550. The molecule has 1 aromatic carbocycles. The van der Waals surface area contributed by atoms with Crippen LogP contribution in [0.25, 0.3) is 6.08 Å². The summed E-state index contributed by atoms with van der Waals surface area (Å²) in [6, 6.07) is 10.3. The second-order valence-corrected chi connectivity index (χ2v) is 5.35. The van der Waals surface area contributed by atoms with E-state index in [1.165, 1.54) is 56.9 Å². The second kappa shape index (κ2) is 10.7. The minimum absolute atomic E-state index is 1.01. The van der Waals surface area contributed by atoms with Crippen LogP contribution >= 0.6 is 0 Å². The van der Waals surface area contributed by atoms with E-state index in [4.69, 9.17) is 5.73 Å². The van der Waals surface area contributed by atoms with Gasteiger partial charge in [0.15, 0.2) is 0 Å². The van der Waals surface area contributed by atoms with Crippen molar-refractivity contribution in [3.8, 4) is 0 Å². The molecule has 0 aliphatic carbocycles. The Balaban J connectivity index is 2.04. The zero-order chi connectivity index (χ0) is 13.8. The van der Waals surface area contributed by atoms with Gasteiger partial charge in [0.1, 0.15) is 0 Å². The third-order valence-electron chi connectivity index (χ3n) is 3.47. The lowest BCUT2D eigenvalue weighted by atomic mass is 10.1. The first-order chi connectivity index (χ1) is 9.33. The molecule has 0 radical (unpaired) electrons. The van der Waals surface area contributed by atoms with Crippen molar-refractivity contribution in [2.24, 2.45) is 5.73 Å². The molecule has 0 unspecified atom stereocenters. The molecular formula is C18H29N. The molecule has 0 aromatic heterocycles. The third-order valence-corrected chi connectivity index (χ3v) is 3.47. The van der Waals surface area contributed by atoms with Gasteiger partial charge in [-0.25, -0.2) is 0 Å². The molecule has 2 N–H and O–H groups in total. The first kappa shape index (κ1) is 15.8. The minimum atomic E-state index is 1.01. The molecule has 0 saturated carbocycles. The van der Waals surface area contributed by atoms with Gasteiger partial charge in [0.25, 0.3) is 0 Å². The van der Waals surface area contributed by atoms with Crippen molar-refractivity contribution in [1.29, 1.82) is 0 Å². The van der Waals surface area contributed by atoms with Gasteiger partial charge in [-0.1, -0.05) is 82.2 Å². The van der Waals surface area contributed by atoms with Gasteiger partial charge >= 0.3 is 0 Å². The molecule has 0 fully saturated rings. The molecule has 0 heterocycles. The van der Waals surface area contributed by atoms with E-state index in [0.717, 1.165) is 12.1 Å². The molecule has 1 nitrogen and oxygen atoms in total. The first-order valence-corrected chi connectivity index (χ1v) is 7.84. The summed E-state index contributed by atoms with van der Waals surface area (Å²) in [4.78, 5) is 0. The number of allylic oxidation sites excluding steroid dienone is 1. The van der Waals surface area contributed by atoms with E-state index in [1.54, 1.807) is 0 Å². The molecule has 106 valence electrons. The zero-order valence-electron chi connectivity index (χ0n) is 12.4. The van der Waals surface area contributed by atoms with Crippen molar-refractivity contribution in [2.45, 2.75) is 64.7 Å². The predicted molar refractivity (Wildman–Crippen MR) is 85.8 cm³/mol. The number of rotatable bonds is 10. The van der Waals surface area contributed by atoms with Crippen LogP contribution in [-0.4, -0.2) is 0 Å². The van der Waals surface area contributed by atoms with E-state index in [0.29, 0.717) is 0 Å². The van der Waals surface area contributed by atoms with Crippen molar-refractivity contribution in [3.05, 3.63) is 41.6 Å². The SMILES string of the molecule is CCCCCCCCCCC(N)=Cc1ccccc1. The Labute approximate surface area is 118 Å². The molecule has 0 aliphatic heterocycles. The molecule has 1 aromatic rings. The van der Waals surface area contributed by atoms with Gasteiger partial charge in [-0.2, -0.15) is 0 Å². The summed E-state index contributed by atoms with van der Waals surface area (Å²) in [6.07, 6.45) is 14.0. The monoisotopic (exact) mass is 259 g/mol. The molecule has 0 saturated heterocycles. The average Bonchev–Trinajstić information content (AvgIpc) is 2.43. The molecule has 19 heavy (non-hydrogen) atoms. The summed E-state index contributed by atoms with van der Waals surface area (Å²) in [6.45, 7) is 2.27. The molecule has 0 bridgehead atoms. The number of hydrogen-bond donors (Lipinski definition) is 1. The maximum absolute atomic E-state index is 6.05. The van der Waals surface area contributed by atoms with Crippen LogP contribution in [0.5, 0.6) is 0 Å². The highest BCUT2D eigenvalue weighted by Crippen LogP contribution is 2.12. The summed E-state index contributed by atoms with van der Waals surface area (Å²) in [5.74, 6) is 0. The zero-order valence-corrected chi connectivity index (χ0v) is 12.4. The van der Waals surface area contributed by atoms with Gasteiger partial charge in [0.05, 0.1) is 0 Å². The highest BCUT2D eigenvalue weighted by atomic mass is 14.6. The first-order valence-electron chi connectivity index (χ1n) is 7.84. The fourth-order valence-electron chi connectivity index (χ4n) is 2.30. The number of unbranched alkanes of at least 4 members (excludes halogenated alkanes) is 7. The van der Waals surface area contributed by atoms with Crippen LogP contribution in [0.4, 0.5) is 0 Å². The number of hydrogen-bond acceptors (Lipinski definition) is 1. The van der Waals surface area contributed by atoms with Crippen LogP contribution in [0.2, 0.25) is 0 Å². The van der Waals surface area contributed by atoms with Crippen molar-refractivity contribution in [3.63, 3.8) is 0 Å². The van der Waals surface area contributed by atoms with Crippen LogP contribution < -0.4 is 5.73 Å². The second-order valence-electron chi connectivity index (χ2n) is 5.35. The lowest BCUT2D eigenvalue weighted by molar-refractivity contribution is 0.575. The van der Waals surface area contributed by atoms with Gasteiger partial charge in [-0.15, -0.1) is 0 Å². The maximum atomic E-state index is 6.05. The Morgan fingerprint density at radius 2 is 1.47 bits per heavy atom. The van der Waals surface area contributed by atoms with Gasteiger partial charge in [0.2, 0.25) is 0 Å². The van der Waals surface area contributed by atoms with E-state index in [2.05, 4.69) is 37.3 Å². The molecule has 0 aliphatic rings. The van der Waals surface area contributed by atoms with Crippen LogP contribution in [0.3, 0.4) is 0 Å². The fraction of sp³-hybridized carbons (Fsp3) is 0.556. The molecule has 1 rings (SSSR count).